The zero-order valence-corrected chi connectivity index (χ0v) is 11.1. The van der Waals surface area contributed by atoms with Gasteiger partial charge in [-0.2, -0.15) is 0 Å². The normalized spacial score (nSPS) is 10.4. The summed E-state index contributed by atoms with van der Waals surface area (Å²) in [5.41, 5.74) is 4.29. The summed E-state index contributed by atoms with van der Waals surface area (Å²) in [6.07, 6.45) is 6.57. The van der Waals surface area contributed by atoms with Gasteiger partial charge in [0, 0.05) is 30.7 Å². The lowest BCUT2D eigenvalue weighted by Gasteiger charge is -2.10. The first-order valence-corrected chi connectivity index (χ1v) is 6.21. The van der Waals surface area contributed by atoms with E-state index in [0.717, 1.165) is 35.3 Å². The minimum atomic E-state index is 0.689. The fraction of sp³-hybridized carbons (Fsp3) is 0.357. The van der Waals surface area contributed by atoms with E-state index in [0.29, 0.717) is 5.95 Å². The van der Waals surface area contributed by atoms with Crippen LogP contribution in [0.5, 0.6) is 0 Å². The van der Waals surface area contributed by atoms with E-state index in [-0.39, 0.29) is 0 Å². The molecule has 0 radical (unpaired) electrons. The number of aryl methyl sites for hydroxylation is 2. The molecule has 0 saturated carbocycles. The standard InChI is InChI=1S/C14H18N4/c1-4-6-16-14-17-9-11(3)13(18-14)12-5-7-15-8-10(12)2/h5,7-9H,4,6H2,1-3H3,(H,16,17,18). The Kier molecular flexibility index (Phi) is 3.87. The third-order valence-electron chi connectivity index (χ3n) is 2.78. The number of anilines is 1. The molecule has 2 rings (SSSR count). The van der Waals surface area contributed by atoms with Crippen molar-refractivity contribution < 1.29 is 0 Å². The molecular weight excluding hydrogens is 224 g/mol. The summed E-state index contributed by atoms with van der Waals surface area (Å²) in [5.74, 6) is 0.689. The van der Waals surface area contributed by atoms with Crippen molar-refractivity contribution in [3.05, 3.63) is 35.8 Å². The lowest BCUT2D eigenvalue weighted by Crippen LogP contribution is -2.05. The van der Waals surface area contributed by atoms with Gasteiger partial charge in [0.05, 0.1) is 5.69 Å². The number of hydrogen-bond acceptors (Lipinski definition) is 4. The van der Waals surface area contributed by atoms with Crippen LogP contribution in [0.25, 0.3) is 11.3 Å². The van der Waals surface area contributed by atoms with Gasteiger partial charge in [-0.25, -0.2) is 9.97 Å². The van der Waals surface area contributed by atoms with Crippen molar-refractivity contribution in [2.45, 2.75) is 27.2 Å². The second-order valence-corrected chi connectivity index (χ2v) is 4.34. The second-order valence-electron chi connectivity index (χ2n) is 4.34. The quantitative estimate of drug-likeness (QED) is 0.895. The molecular formula is C14H18N4. The molecule has 0 aliphatic carbocycles. The molecule has 0 spiro atoms. The molecule has 1 N–H and O–H groups in total. The predicted molar refractivity (Wildman–Crippen MR) is 73.5 cm³/mol. The van der Waals surface area contributed by atoms with Gasteiger partial charge in [-0.05, 0) is 37.5 Å². The summed E-state index contributed by atoms with van der Waals surface area (Å²) < 4.78 is 0. The van der Waals surface area contributed by atoms with Crippen molar-refractivity contribution in [1.82, 2.24) is 15.0 Å². The number of aromatic nitrogens is 3. The van der Waals surface area contributed by atoms with Crippen LogP contribution in [0.2, 0.25) is 0 Å². The second kappa shape index (κ2) is 5.58. The van der Waals surface area contributed by atoms with Crippen LogP contribution in [0, 0.1) is 13.8 Å². The van der Waals surface area contributed by atoms with Gasteiger partial charge < -0.3 is 5.32 Å². The van der Waals surface area contributed by atoms with Crippen LogP contribution in [0.1, 0.15) is 24.5 Å². The van der Waals surface area contributed by atoms with Gasteiger partial charge in [-0.15, -0.1) is 0 Å². The zero-order valence-electron chi connectivity index (χ0n) is 11.1. The van der Waals surface area contributed by atoms with Crippen molar-refractivity contribution in [3.63, 3.8) is 0 Å². The van der Waals surface area contributed by atoms with Gasteiger partial charge in [-0.1, -0.05) is 6.92 Å². The summed E-state index contributed by atoms with van der Waals surface area (Å²) in [7, 11) is 0. The number of rotatable bonds is 4. The molecule has 0 aliphatic heterocycles. The largest absolute Gasteiger partial charge is 0.354 e. The molecule has 4 heteroatoms. The first-order valence-electron chi connectivity index (χ1n) is 6.21. The average Bonchev–Trinajstić information content (AvgIpc) is 2.39. The van der Waals surface area contributed by atoms with Crippen molar-refractivity contribution in [1.29, 1.82) is 0 Å². The highest BCUT2D eigenvalue weighted by molar-refractivity contribution is 5.66. The lowest BCUT2D eigenvalue weighted by atomic mass is 10.1. The van der Waals surface area contributed by atoms with E-state index in [1.54, 1.807) is 6.20 Å². The third-order valence-corrected chi connectivity index (χ3v) is 2.78. The Labute approximate surface area is 108 Å². The van der Waals surface area contributed by atoms with Crippen molar-refractivity contribution in [2.24, 2.45) is 0 Å². The van der Waals surface area contributed by atoms with Gasteiger partial charge in [-0.3, -0.25) is 4.98 Å². The summed E-state index contributed by atoms with van der Waals surface area (Å²) in [6.45, 7) is 7.08. The number of nitrogens with zero attached hydrogens (tertiary/aromatic N) is 3. The highest BCUT2D eigenvalue weighted by atomic mass is 15.1. The number of hydrogen-bond donors (Lipinski definition) is 1. The van der Waals surface area contributed by atoms with E-state index in [2.05, 4.69) is 27.2 Å². The molecule has 2 heterocycles. The zero-order chi connectivity index (χ0) is 13.0. The molecule has 4 nitrogen and oxygen atoms in total. The van der Waals surface area contributed by atoms with Gasteiger partial charge in [0.2, 0.25) is 5.95 Å². The van der Waals surface area contributed by atoms with Gasteiger partial charge >= 0.3 is 0 Å². The maximum Gasteiger partial charge on any atom is 0.223 e. The molecule has 2 aromatic heterocycles. The summed E-state index contributed by atoms with van der Waals surface area (Å²) in [4.78, 5) is 13.0. The first-order chi connectivity index (χ1) is 8.72. The molecule has 0 saturated heterocycles. The SMILES string of the molecule is CCCNc1ncc(C)c(-c2ccncc2C)n1. The summed E-state index contributed by atoms with van der Waals surface area (Å²) in [5, 5.41) is 3.21. The van der Waals surface area contributed by atoms with Gasteiger partial charge in [0.15, 0.2) is 0 Å². The topological polar surface area (TPSA) is 50.7 Å². The van der Waals surface area contributed by atoms with Crippen LogP contribution >= 0.6 is 0 Å². The highest BCUT2D eigenvalue weighted by Crippen LogP contribution is 2.24. The Morgan fingerprint density at radius 3 is 2.72 bits per heavy atom. The fourth-order valence-electron chi connectivity index (χ4n) is 1.78. The van der Waals surface area contributed by atoms with Crippen molar-refractivity contribution >= 4 is 5.95 Å². The van der Waals surface area contributed by atoms with Crippen LogP contribution in [0.15, 0.2) is 24.7 Å². The van der Waals surface area contributed by atoms with E-state index < -0.39 is 0 Å². The first kappa shape index (κ1) is 12.5. The van der Waals surface area contributed by atoms with E-state index in [1.807, 2.05) is 32.3 Å². The smallest absolute Gasteiger partial charge is 0.223 e. The van der Waals surface area contributed by atoms with Gasteiger partial charge in [0.1, 0.15) is 0 Å². The molecule has 0 amide bonds. The molecule has 0 fully saturated rings. The predicted octanol–water partition coefficient (Wildman–Crippen LogP) is 2.98. The molecule has 18 heavy (non-hydrogen) atoms. The molecule has 0 aliphatic rings. The molecule has 94 valence electrons. The maximum atomic E-state index is 4.59. The molecule has 2 aromatic rings. The summed E-state index contributed by atoms with van der Waals surface area (Å²) >= 11 is 0. The van der Waals surface area contributed by atoms with E-state index in [4.69, 9.17) is 0 Å². The van der Waals surface area contributed by atoms with E-state index in [9.17, 15) is 0 Å². The highest BCUT2D eigenvalue weighted by Gasteiger charge is 2.08. The van der Waals surface area contributed by atoms with Crippen LogP contribution in [0.4, 0.5) is 5.95 Å². The van der Waals surface area contributed by atoms with Crippen LogP contribution in [0.3, 0.4) is 0 Å². The van der Waals surface area contributed by atoms with Crippen LogP contribution in [-0.4, -0.2) is 21.5 Å². The Bertz CT molecular complexity index is 537. The third kappa shape index (κ3) is 2.64. The van der Waals surface area contributed by atoms with Crippen LogP contribution < -0.4 is 5.32 Å². The average molecular weight is 242 g/mol. The molecule has 0 atom stereocenters. The molecule has 0 bridgehead atoms. The Hall–Kier alpha value is -1.97. The van der Waals surface area contributed by atoms with Crippen molar-refractivity contribution in [2.75, 3.05) is 11.9 Å². The molecule has 0 aromatic carbocycles. The monoisotopic (exact) mass is 242 g/mol. The van der Waals surface area contributed by atoms with Gasteiger partial charge in [0.25, 0.3) is 0 Å². The number of nitrogens with one attached hydrogen (secondary N) is 1. The van der Waals surface area contributed by atoms with E-state index in [1.165, 1.54) is 0 Å². The lowest BCUT2D eigenvalue weighted by molar-refractivity contribution is 0.950. The Balaban J connectivity index is 2.40. The Morgan fingerprint density at radius 1 is 1.17 bits per heavy atom. The number of pyridine rings is 1. The fourth-order valence-corrected chi connectivity index (χ4v) is 1.78. The maximum absolute atomic E-state index is 4.59. The van der Waals surface area contributed by atoms with Crippen LogP contribution in [-0.2, 0) is 0 Å². The van der Waals surface area contributed by atoms with E-state index >= 15 is 0 Å². The molecule has 0 unspecified atom stereocenters. The van der Waals surface area contributed by atoms with Crippen molar-refractivity contribution in [3.8, 4) is 11.3 Å². The summed E-state index contributed by atoms with van der Waals surface area (Å²) in [6, 6.07) is 1.99. The minimum Gasteiger partial charge on any atom is -0.354 e. The Morgan fingerprint density at radius 2 is 2.00 bits per heavy atom. The minimum absolute atomic E-state index is 0.689.